The summed E-state index contributed by atoms with van der Waals surface area (Å²) >= 11 is 25.4. The summed E-state index contributed by atoms with van der Waals surface area (Å²) in [6.07, 6.45) is 1.64. The van der Waals surface area contributed by atoms with E-state index in [2.05, 4.69) is 0 Å². The highest BCUT2D eigenvalue weighted by molar-refractivity contribution is 8.18. The van der Waals surface area contributed by atoms with Crippen LogP contribution in [-0.2, 0) is 17.9 Å². The lowest BCUT2D eigenvalue weighted by molar-refractivity contribution is -0.123. The summed E-state index contributed by atoms with van der Waals surface area (Å²) in [5, 5.41) is 1.31. The zero-order valence-electron chi connectivity index (χ0n) is 18.9. The van der Waals surface area contributed by atoms with Gasteiger partial charge in [-0.05, 0) is 72.3 Å². The van der Waals surface area contributed by atoms with Crippen molar-refractivity contribution >= 4 is 75.4 Å². The Morgan fingerprint density at radius 3 is 2.31 bits per heavy atom. The average molecular weight is 583 g/mol. The van der Waals surface area contributed by atoms with Crippen LogP contribution in [0.25, 0.3) is 6.08 Å². The highest BCUT2D eigenvalue weighted by Crippen LogP contribution is 2.37. The summed E-state index contributed by atoms with van der Waals surface area (Å²) in [5.41, 5.74) is 2.05. The molecule has 0 radical (unpaired) electrons. The molecule has 2 amide bonds. The number of benzene rings is 3. The van der Waals surface area contributed by atoms with E-state index in [1.807, 2.05) is 13.0 Å². The van der Waals surface area contributed by atoms with Gasteiger partial charge in [0.05, 0.1) is 28.1 Å². The molecule has 0 unspecified atom stereocenters. The first-order chi connectivity index (χ1) is 17.3. The van der Waals surface area contributed by atoms with Crippen molar-refractivity contribution in [3.05, 3.63) is 96.3 Å². The second kappa shape index (κ2) is 11.8. The van der Waals surface area contributed by atoms with Crippen LogP contribution < -0.4 is 9.47 Å². The number of halogens is 4. The van der Waals surface area contributed by atoms with Crippen molar-refractivity contribution in [2.45, 2.75) is 20.1 Å². The van der Waals surface area contributed by atoms with Crippen LogP contribution >= 0.6 is 58.2 Å². The van der Waals surface area contributed by atoms with E-state index in [4.69, 9.17) is 55.9 Å². The van der Waals surface area contributed by atoms with Crippen LogP contribution in [0.3, 0.4) is 0 Å². The molecule has 5 nitrogen and oxygen atoms in total. The van der Waals surface area contributed by atoms with Crippen molar-refractivity contribution < 1.29 is 19.1 Å². The summed E-state index contributed by atoms with van der Waals surface area (Å²) in [7, 11) is 0. The quantitative estimate of drug-likeness (QED) is 0.249. The molecule has 3 aromatic carbocycles. The SMILES string of the molecule is CCOc1cc(C=C2SC(=O)N(Cc3c(Cl)cccc3Cl)C2=O)ccc1OCc1ccc(Cl)c(Cl)c1. The van der Waals surface area contributed by atoms with Crippen LogP contribution in [0.15, 0.2) is 59.5 Å². The second-order valence-electron chi connectivity index (χ2n) is 7.64. The van der Waals surface area contributed by atoms with Gasteiger partial charge in [0.25, 0.3) is 11.1 Å². The topological polar surface area (TPSA) is 55.8 Å². The van der Waals surface area contributed by atoms with Crippen molar-refractivity contribution in [1.82, 2.24) is 4.90 Å². The summed E-state index contributed by atoms with van der Waals surface area (Å²) in [4.78, 5) is 27.0. The van der Waals surface area contributed by atoms with E-state index < -0.39 is 11.1 Å². The number of ether oxygens (including phenoxy) is 2. The minimum atomic E-state index is -0.418. The summed E-state index contributed by atoms with van der Waals surface area (Å²) < 4.78 is 11.7. The number of hydrogen-bond donors (Lipinski definition) is 0. The van der Waals surface area contributed by atoms with E-state index in [-0.39, 0.29) is 18.1 Å². The number of carbonyl (C=O) groups excluding carboxylic acids is 2. The van der Waals surface area contributed by atoms with Gasteiger partial charge in [0.2, 0.25) is 0 Å². The lowest BCUT2D eigenvalue weighted by Gasteiger charge is -2.15. The average Bonchev–Trinajstić information content (AvgIpc) is 3.10. The third-order valence-corrected chi connectivity index (χ3v) is 7.55. The first-order valence-electron chi connectivity index (χ1n) is 10.8. The molecular formula is C26H19Cl4NO4S. The second-order valence-corrected chi connectivity index (χ2v) is 10.3. The molecule has 0 saturated carbocycles. The Balaban J connectivity index is 1.52. The highest BCUT2D eigenvalue weighted by atomic mass is 35.5. The van der Waals surface area contributed by atoms with E-state index in [1.54, 1.807) is 54.6 Å². The molecule has 0 spiro atoms. The van der Waals surface area contributed by atoms with Crippen LogP contribution in [0.4, 0.5) is 4.79 Å². The van der Waals surface area contributed by atoms with Gasteiger partial charge in [0, 0.05) is 15.6 Å². The first kappa shape index (κ1) is 26.7. The normalized spacial score (nSPS) is 14.6. The minimum Gasteiger partial charge on any atom is -0.490 e. The lowest BCUT2D eigenvalue weighted by atomic mass is 10.1. The van der Waals surface area contributed by atoms with E-state index in [0.717, 1.165) is 22.2 Å². The standard InChI is InChI=1S/C26H19Cl4NO4S/c1-2-34-23-11-15(7-9-22(23)35-14-16-6-8-20(29)21(30)10-16)12-24-25(32)31(26(33)36-24)13-17-18(27)4-3-5-19(17)28/h3-12H,2,13-14H2,1H3. The van der Waals surface area contributed by atoms with Crippen LogP contribution in [0, 0.1) is 0 Å². The molecule has 0 N–H and O–H groups in total. The smallest absolute Gasteiger partial charge is 0.293 e. The van der Waals surface area contributed by atoms with Gasteiger partial charge < -0.3 is 9.47 Å². The monoisotopic (exact) mass is 581 g/mol. The van der Waals surface area contributed by atoms with Gasteiger partial charge in [0.1, 0.15) is 6.61 Å². The van der Waals surface area contributed by atoms with Crippen molar-refractivity contribution in [1.29, 1.82) is 0 Å². The number of thioether (sulfide) groups is 1. The Morgan fingerprint density at radius 2 is 1.61 bits per heavy atom. The zero-order chi connectivity index (χ0) is 25.8. The summed E-state index contributed by atoms with van der Waals surface area (Å²) in [5.74, 6) is 0.619. The number of amides is 2. The molecule has 1 aliphatic rings. The Kier molecular flexibility index (Phi) is 8.75. The molecule has 10 heteroatoms. The lowest BCUT2D eigenvalue weighted by Crippen LogP contribution is -2.27. The van der Waals surface area contributed by atoms with Crippen molar-refractivity contribution in [3.63, 3.8) is 0 Å². The maximum Gasteiger partial charge on any atom is 0.293 e. The fourth-order valence-corrected chi connectivity index (χ4v) is 5.10. The molecule has 3 aromatic rings. The van der Waals surface area contributed by atoms with E-state index in [1.165, 1.54) is 0 Å². The zero-order valence-corrected chi connectivity index (χ0v) is 22.7. The van der Waals surface area contributed by atoms with Gasteiger partial charge >= 0.3 is 0 Å². The maximum atomic E-state index is 13.0. The van der Waals surface area contributed by atoms with E-state index in [9.17, 15) is 9.59 Å². The first-order valence-corrected chi connectivity index (χ1v) is 13.1. The molecule has 0 bridgehead atoms. The van der Waals surface area contributed by atoms with Crippen molar-refractivity contribution in [3.8, 4) is 11.5 Å². The van der Waals surface area contributed by atoms with Gasteiger partial charge in [0.15, 0.2) is 11.5 Å². The van der Waals surface area contributed by atoms with Crippen LogP contribution in [0.1, 0.15) is 23.6 Å². The molecule has 186 valence electrons. The van der Waals surface area contributed by atoms with Crippen LogP contribution in [0.2, 0.25) is 20.1 Å². The largest absolute Gasteiger partial charge is 0.490 e. The molecular weight excluding hydrogens is 564 g/mol. The molecule has 0 atom stereocenters. The number of carbonyl (C=O) groups is 2. The number of nitrogens with zero attached hydrogens (tertiary/aromatic N) is 1. The van der Waals surface area contributed by atoms with Gasteiger partial charge in [-0.3, -0.25) is 14.5 Å². The van der Waals surface area contributed by atoms with E-state index >= 15 is 0 Å². The molecule has 1 fully saturated rings. The molecule has 36 heavy (non-hydrogen) atoms. The van der Waals surface area contributed by atoms with Gasteiger partial charge in [-0.1, -0.05) is 64.6 Å². The summed E-state index contributed by atoms with van der Waals surface area (Å²) in [6.45, 7) is 2.54. The van der Waals surface area contributed by atoms with Gasteiger partial charge in [-0.15, -0.1) is 0 Å². The Hall–Kier alpha value is -2.35. The maximum absolute atomic E-state index is 13.0. The van der Waals surface area contributed by atoms with Crippen LogP contribution in [0.5, 0.6) is 11.5 Å². The van der Waals surface area contributed by atoms with Gasteiger partial charge in [-0.2, -0.15) is 0 Å². The van der Waals surface area contributed by atoms with E-state index in [0.29, 0.717) is 49.3 Å². The predicted molar refractivity (Wildman–Crippen MR) is 146 cm³/mol. The fourth-order valence-electron chi connectivity index (χ4n) is 3.42. The molecule has 1 saturated heterocycles. The highest BCUT2D eigenvalue weighted by Gasteiger charge is 2.35. The van der Waals surface area contributed by atoms with Crippen molar-refractivity contribution in [2.24, 2.45) is 0 Å². The minimum absolute atomic E-state index is 0.00774. The van der Waals surface area contributed by atoms with Gasteiger partial charge in [-0.25, -0.2) is 0 Å². The molecule has 4 rings (SSSR count). The molecule has 1 heterocycles. The molecule has 0 aromatic heterocycles. The number of imide groups is 1. The fraction of sp³-hybridized carbons (Fsp3) is 0.154. The Labute approximate surface area is 232 Å². The Morgan fingerprint density at radius 1 is 0.861 bits per heavy atom. The molecule has 0 aliphatic carbocycles. The Bertz CT molecular complexity index is 1340. The third-order valence-electron chi connectivity index (χ3n) is 5.20. The number of rotatable bonds is 8. The summed E-state index contributed by atoms with van der Waals surface area (Å²) in [6, 6.07) is 15.6. The molecule has 1 aliphatic heterocycles. The predicted octanol–water partition coefficient (Wildman–Crippen LogP) is 8.51. The van der Waals surface area contributed by atoms with Crippen molar-refractivity contribution in [2.75, 3.05) is 6.61 Å². The van der Waals surface area contributed by atoms with Crippen LogP contribution in [-0.4, -0.2) is 22.7 Å². The number of hydrogen-bond acceptors (Lipinski definition) is 5. The third kappa shape index (κ3) is 6.13.